The van der Waals surface area contributed by atoms with E-state index in [-0.39, 0.29) is 10.6 Å². The molecule has 1 heterocycles. The van der Waals surface area contributed by atoms with Crippen LogP contribution in [0.1, 0.15) is 0 Å². The van der Waals surface area contributed by atoms with Gasteiger partial charge in [-0.15, -0.1) is 0 Å². The number of rotatable bonds is 4. The lowest BCUT2D eigenvalue weighted by Gasteiger charge is -2.07. The third kappa shape index (κ3) is 2.84. The highest BCUT2D eigenvalue weighted by Gasteiger charge is 2.23. The molecular formula is C21H17NO4S. The largest absolute Gasteiger partial charge is 0.507 e. The summed E-state index contributed by atoms with van der Waals surface area (Å²) in [6.07, 6.45) is 1.55. The Bertz CT molecular complexity index is 1210. The van der Waals surface area contributed by atoms with Crippen LogP contribution in [0.4, 0.5) is 0 Å². The van der Waals surface area contributed by atoms with Gasteiger partial charge in [-0.05, 0) is 42.0 Å². The third-order valence-corrected chi connectivity index (χ3v) is 6.16. The molecule has 3 aromatic carbocycles. The van der Waals surface area contributed by atoms with Crippen molar-refractivity contribution in [1.29, 1.82) is 0 Å². The maximum atomic E-state index is 13.2. The molecule has 0 aliphatic rings. The van der Waals surface area contributed by atoms with Crippen LogP contribution in [0.2, 0.25) is 0 Å². The molecule has 1 N–H and O–H groups in total. The van der Waals surface area contributed by atoms with E-state index in [9.17, 15) is 13.5 Å². The lowest BCUT2D eigenvalue weighted by atomic mass is 10.0. The van der Waals surface area contributed by atoms with Crippen LogP contribution < -0.4 is 4.74 Å². The summed E-state index contributed by atoms with van der Waals surface area (Å²) in [5, 5.41) is 10.9. The van der Waals surface area contributed by atoms with Gasteiger partial charge in [-0.1, -0.05) is 36.4 Å². The molecule has 0 bridgehead atoms. The number of phenolic OH excluding ortho intramolecular Hbond substituents is 1. The summed E-state index contributed by atoms with van der Waals surface area (Å²) >= 11 is 0. The molecule has 5 nitrogen and oxygen atoms in total. The number of ether oxygens (including phenoxy) is 1. The number of aromatic nitrogens is 1. The molecule has 136 valence electrons. The van der Waals surface area contributed by atoms with Crippen molar-refractivity contribution in [3.8, 4) is 22.6 Å². The number of aromatic hydroxyl groups is 1. The Kier molecular flexibility index (Phi) is 4.12. The van der Waals surface area contributed by atoms with Crippen molar-refractivity contribution >= 4 is 20.9 Å². The molecule has 0 amide bonds. The Morgan fingerprint density at radius 1 is 0.889 bits per heavy atom. The summed E-state index contributed by atoms with van der Waals surface area (Å²) in [5.74, 6) is 0.726. The SMILES string of the molecule is COc1ccc(-c2cn(S(=O)(=O)c3ccccc3)c3cccc(O)c23)cc1. The van der Waals surface area contributed by atoms with Crippen LogP contribution in [-0.4, -0.2) is 24.6 Å². The summed E-state index contributed by atoms with van der Waals surface area (Å²) in [6, 6.07) is 20.4. The molecule has 0 aliphatic heterocycles. The van der Waals surface area contributed by atoms with E-state index in [1.807, 2.05) is 12.1 Å². The van der Waals surface area contributed by atoms with Crippen LogP contribution in [-0.2, 0) is 10.0 Å². The molecule has 0 saturated heterocycles. The Balaban J connectivity index is 2.00. The highest BCUT2D eigenvalue weighted by molar-refractivity contribution is 7.90. The van der Waals surface area contributed by atoms with E-state index in [1.165, 1.54) is 3.97 Å². The van der Waals surface area contributed by atoms with Crippen molar-refractivity contribution < 1.29 is 18.3 Å². The standard InChI is InChI=1S/C21H17NO4S/c1-26-16-12-10-15(11-13-16)18-14-22(19-8-5-9-20(23)21(18)19)27(24,25)17-6-3-2-4-7-17/h2-14,23H,1H3. The highest BCUT2D eigenvalue weighted by Crippen LogP contribution is 2.38. The first-order valence-electron chi connectivity index (χ1n) is 8.30. The van der Waals surface area contributed by atoms with Crippen molar-refractivity contribution in [3.05, 3.63) is 79.0 Å². The molecule has 6 heteroatoms. The van der Waals surface area contributed by atoms with E-state index in [1.54, 1.807) is 74.0 Å². The van der Waals surface area contributed by atoms with Crippen molar-refractivity contribution in [1.82, 2.24) is 3.97 Å². The van der Waals surface area contributed by atoms with Gasteiger partial charge in [-0.2, -0.15) is 0 Å². The normalized spacial score (nSPS) is 11.6. The van der Waals surface area contributed by atoms with Gasteiger partial charge in [0.15, 0.2) is 0 Å². The fourth-order valence-corrected chi connectivity index (χ4v) is 4.52. The summed E-state index contributed by atoms with van der Waals surface area (Å²) in [4.78, 5) is 0.187. The zero-order chi connectivity index (χ0) is 19.0. The van der Waals surface area contributed by atoms with E-state index in [0.29, 0.717) is 22.2 Å². The molecule has 4 aromatic rings. The van der Waals surface area contributed by atoms with E-state index < -0.39 is 10.0 Å². The van der Waals surface area contributed by atoms with Gasteiger partial charge in [-0.25, -0.2) is 12.4 Å². The minimum absolute atomic E-state index is 0.0281. The van der Waals surface area contributed by atoms with Gasteiger partial charge in [0.2, 0.25) is 0 Å². The number of fused-ring (bicyclic) bond motifs is 1. The first kappa shape index (κ1) is 17.2. The van der Waals surface area contributed by atoms with Crippen LogP contribution >= 0.6 is 0 Å². The predicted octanol–water partition coefficient (Wildman–Crippen LogP) is 4.26. The van der Waals surface area contributed by atoms with Crippen molar-refractivity contribution in [2.75, 3.05) is 7.11 Å². The zero-order valence-electron chi connectivity index (χ0n) is 14.5. The summed E-state index contributed by atoms with van der Waals surface area (Å²) in [5.41, 5.74) is 1.83. The van der Waals surface area contributed by atoms with Gasteiger partial charge in [0, 0.05) is 11.8 Å². The minimum atomic E-state index is -3.80. The average Bonchev–Trinajstić information content (AvgIpc) is 3.10. The second kappa shape index (κ2) is 6.48. The molecule has 0 radical (unpaired) electrons. The predicted molar refractivity (Wildman–Crippen MR) is 105 cm³/mol. The van der Waals surface area contributed by atoms with Crippen molar-refractivity contribution in [2.45, 2.75) is 4.90 Å². The monoisotopic (exact) mass is 379 g/mol. The minimum Gasteiger partial charge on any atom is -0.507 e. The number of hydrogen-bond acceptors (Lipinski definition) is 4. The van der Waals surface area contributed by atoms with Gasteiger partial charge >= 0.3 is 0 Å². The molecule has 0 saturated carbocycles. The van der Waals surface area contributed by atoms with Crippen LogP contribution in [0, 0.1) is 0 Å². The second-order valence-corrected chi connectivity index (χ2v) is 7.87. The first-order chi connectivity index (χ1) is 13.0. The van der Waals surface area contributed by atoms with Crippen LogP contribution in [0.5, 0.6) is 11.5 Å². The number of nitrogens with zero attached hydrogens (tertiary/aromatic N) is 1. The van der Waals surface area contributed by atoms with Crippen LogP contribution in [0.3, 0.4) is 0 Å². The van der Waals surface area contributed by atoms with Crippen molar-refractivity contribution in [2.24, 2.45) is 0 Å². The average molecular weight is 379 g/mol. The number of hydrogen-bond donors (Lipinski definition) is 1. The molecule has 4 rings (SSSR count). The Morgan fingerprint density at radius 3 is 2.26 bits per heavy atom. The maximum Gasteiger partial charge on any atom is 0.268 e. The zero-order valence-corrected chi connectivity index (χ0v) is 15.3. The van der Waals surface area contributed by atoms with E-state index in [0.717, 1.165) is 5.56 Å². The molecule has 0 spiro atoms. The van der Waals surface area contributed by atoms with Gasteiger partial charge in [0.1, 0.15) is 11.5 Å². The van der Waals surface area contributed by atoms with Crippen molar-refractivity contribution in [3.63, 3.8) is 0 Å². The molecule has 0 unspecified atom stereocenters. The number of methoxy groups -OCH3 is 1. The lowest BCUT2D eigenvalue weighted by Crippen LogP contribution is -2.11. The molecule has 0 atom stereocenters. The summed E-state index contributed by atoms with van der Waals surface area (Å²) < 4.78 is 32.7. The summed E-state index contributed by atoms with van der Waals surface area (Å²) in [6.45, 7) is 0. The van der Waals surface area contributed by atoms with E-state index >= 15 is 0 Å². The van der Waals surface area contributed by atoms with E-state index in [4.69, 9.17) is 4.74 Å². The van der Waals surface area contributed by atoms with E-state index in [2.05, 4.69) is 0 Å². The fraction of sp³-hybridized carbons (Fsp3) is 0.0476. The molecular weight excluding hydrogens is 362 g/mol. The van der Waals surface area contributed by atoms with Crippen LogP contribution in [0.15, 0.2) is 83.9 Å². The third-order valence-electron chi connectivity index (χ3n) is 4.47. The topological polar surface area (TPSA) is 68.5 Å². The molecule has 0 aliphatic carbocycles. The molecule has 0 fully saturated rings. The number of benzene rings is 3. The van der Waals surface area contributed by atoms with Gasteiger partial charge in [-0.3, -0.25) is 0 Å². The van der Waals surface area contributed by atoms with Gasteiger partial charge < -0.3 is 9.84 Å². The van der Waals surface area contributed by atoms with Crippen LogP contribution in [0.25, 0.3) is 22.0 Å². The van der Waals surface area contributed by atoms with Gasteiger partial charge in [0.25, 0.3) is 10.0 Å². The maximum absolute atomic E-state index is 13.2. The highest BCUT2D eigenvalue weighted by atomic mass is 32.2. The molecule has 27 heavy (non-hydrogen) atoms. The second-order valence-electron chi connectivity index (χ2n) is 6.06. The summed E-state index contributed by atoms with van der Waals surface area (Å²) in [7, 11) is -2.22. The van der Waals surface area contributed by atoms with Gasteiger partial charge in [0.05, 0.1) is 22.9 Å². The Labute approximate surface area is 157 Å². The Hall–Kier alpha value is -3.25. The first-order valence-corrected chi connectivity index (χ1v) is 9.74. The number of phenols is 1. The quantitative estimate of drug-likeness (QED) is 0.575. The Morgan fingerprint density at radius 2 is 1.59 bits per heavy atom. The molecule has 1 aromatic heterocycles. The fourth-order valence-electron chi connectivity index (χ4n) is 3.13. The lowest BCUT2D eigenvalue weighted by molar-refractivity contribution is 0.415. The smallest absolute Gasteiger partial charge is 0.268 e.